The molecule has 98 valence electrons. The molecule has 0 bridgehead atoms. The summed E-state index contributed by atoms with van der Waals surface area (Å²) >= 11 is 0. The summed E-state index contributed by atoms with van der Waals surface area (Å²) in [5.74, 6) is -2.13. The van der Waals surface area contributed by atoms with Gasteiger partial charge in [0.2, 0.25) is 0 Å². The Labute approximate surface area is 110 Å². The molecule has 0 saturated carbocycles. The van der Waals surface area contributed by atoms with Crippen LogP contribution in [0.4, 0.5) is 0 Å². The molecule has 4 heteroatoms. The van der Waals surface area contributed by atoms with E-state index in [-0.39, 0.29) is 12.0 Å². The molecule has 2 N–H and O–H groups in total. The van der Waals surface area contributed by atoms with Crippen LogP contribution in [0.1, 0.15) is 18.9 Å². The number of allylic oxidation sites excluding steroid dienone is 1. The van der Waals surface area contributed by atoms with Gasteiger partial charge in [0.1, 0.15) is 0 Å². The summed E-state index contributed by atoms with van der Waals surface area (Å²) in [6.45, 7) is 1.54. The standard InChI is InChI=1S/C15H14O4/c1-15(14(18)19)8-11(7-12(9-15)13(16)17)10-5-3-2-4-6-10/h2-7,9H,8H2,1H3,(H,16,17)(H,18,19). The van der Waals surface area contributed by atoms with E-state index in [0.29, 0.717) is 0 Å². The van der Waals surface area contributed by atoms with Crippen LogP contribution in [0.3, 0.4) is 0 Å². The minimum atomic E-state index is -1.19. The first-order valence-electron chi connectivity index (χ1n) is 5.88. The Hall–Kier alpha value is -2.36. The van der Waals surface area contributed by atoms with Crippen LogP contribution < -0.4 is 0 Å². The number of hydrogen-bond donors (Lipinski definition) is 2. The zero-order valence-electron chi connectivity index (χ0n) is 10.5. The second-order valence-electron chi connectivity index (χ2n) is 4.84. The molecular formula is C15H14O4. The van der Waals surface area contributed by atoms with Gasteiger partial charge in [-0.15, -0.1) is 0 Å². The van der Waals surface area contributed by atoms with E-state index < -0.39 is 17.4 Å². The topological polar surface area (TPSA) is 74.6 Å². The predicted octanol–water partition coefficient (Wildman–Crippen LogP) is 2.58. The molecule has 4 nitrogen and oxygen atoms in total. The molecular weight excluding hydrogens is 244 g/mol. The fourth-order valence-electron chi connectivity index (χ4n) is 2.17. The van der Waals surface area contributed by atoms with Crippen molar-refractivity contribution in [2.24, 2.45) is 5.41 Å². The largest absolute Gasteiger partial charge is 0.481 e. The number of rotatable bonds is 3. The highest BCUT2D eigenvalue weighted by molar-refractivity contribution is 5.96. The third-order valence-corrected chi connectivity index (χ3v) is 3.24. The summed E-state index contributed by atoms with van der Waals surface area (Å²) < 4.78 is 0. The monoisotopic (exact) mass is 258 g/mol. The van der Waals surface area contributed by atoms with Crippen LogP contribution in [-0.2, 0) is 9.59 Å². The van der Waals surface area contributed by atoms with Gasteiger partial charge in [0, 0.05) is 0 Å². The summed E-state index contributed by atoms with van der Waals surface area (Å²) in [7, 11) is 0. The first-order valence-corrected chi connectivity index (χ1v) is 5.88. The van der Waals surface area contributed by atoms with E-state index in [1.807, 2.05) is 30.3 Å². The highest BCUT2D eigenvalue weighted by atomic mass is 16.4. The molecule has 0 radical (unpaired) electrons. The van der Waals surface area contributed by atoms with E-state index >= 15 is 0 Å². The van der Waals surface area contributed by atoms with E-state index in [1.165, 1.54) is 13.0 Å². The maximum atomic E-state index is 11.4. The third kappa shape index (κ3) is 2.57. The van der Waals surface area contributed by atoms with Crippen LogP contribution in [0.25, 0.3) is 5.57 Å². The smallest absolute Gasteiger partial charge is 0.335 e. The van der Waals surface area contributed by atoms with Crippen LogP contribution in [0, 0.1) is 5.41 Å². The van der Waals surface area contributed by atoms with E-state index in [1.54, 1.807) is 6.08 Å². The Balaban J connectivity index is 2.49. The molecule has 0 aromatic heterocycles. The van der Waals surface area contributed by atoms with Crippen LogP contribution >= 0.6 is 0 Å². The lowest BCUT2D eigenvalue weighted by molar-refractivity contribution is -0.144. The van der Waals surface area contributed by atoms with Crippen molar-refractivity contribution in [1.82, 2.24) is 0 Å². The number of benzene rings is 1. The van der Waals surface area contributed by atoms with Gasteiger partial charge >= 0.3 is 11.9 Å². The normalized spacial score (nSPS) is 22.4. The average Bonchev–Trinajstić information content (AvgIpc) is 2.39. The fraction of sp³-hybridized carbons (Fsp3) is 0.200. The lowest BCUT2D eigenvalue weighted by atomic mass is 9.76. The zero-order chi connectivity index (χ0) is 14.0. The number of carboxylic acid groups (broad SMARTS) is 2. The molecule has 2 rings (SSSR count). The minimum absolute atomic E-state index is 0.0232. The van der Waals surface area contributed by atoms with E-state index in [2.05, 4.69) is 0 Å². The Morgan fingerprint density at radius 3 is 2.32 bits per heavy atom. The Kier molecular flexibility index (Phi) is 3.25. The van der Waals surface area contributed by atoms with Crippen LogP contribution in [0.2, 0.25) is 0 Å². The molecule has 1 aliphatic carbocycles. The predicted molar refractivity (Wildman–Crippen MR) is 70.5 cm³/mol. The van der Waals surface area contributed by atoms with Crippen molar-refractivity contribution in [1.29, 1.82) is 0 Å². The molecule has 0 heterocycles. The van der Waals surface area contributed by atoms with Crippen LogP contribution in [0.15, 0.2) is 48.1 Å². The van der Waals surface area contributed by atoms with Gasteiger partial charge in [-0.1, -0.05) is 36.4 Å². The second-order valence-corrected chi connectivity index (χ2v) is 4.84. The van der Waals surface area contributed by atoms with Crippen LogP contribution in [0.5, 0.6) is 0 Å². The lowest BCUT2D eigenvalue weighted by Crippen LogP contribution is -2.28. The number of carboxylic acids is 2. The molecule has 1 aromatic rings. The summed E-state index contributed by atoms with van der Waals surface area (Å²) in [4.78, 5) is 22.5. The molecule has 0 aliphatic heterocycles. The Bertz CT molecular complexity index is 583. The molecule has 0 amide bonds. The van der Waals surface area contributed by atoms with Crippen molar-refractivity contribution in [2.45, 2.75) is 13.3 Å². The minimum Gasteiger partial charge on any atom is -0.481 e. The third-order valence-electron chi connectivity index (χ3n) is 3.24. The van der Waals surface area contributed by atoms with Gasteiger partial charge in [-0.05, 0) is 30.6 Å². The van der Waals surface area contributed by atoms with Gasteiger partial charge in [0.05, 0.1) is 11.0 Å². The van der Waals surface area contributed by atoms with Gasteiger partial charge in [-0.25, -0.2) is 4.79 Å². The van der Waals surface area contributed by atoms with Crippen molar-refractivity contribution < 1.29 is 19.8 Å². The molecule has 0 spiro atoms. The molecule has 0 fully saturated rings. The number of aliphatic carboxylic acids is 2. The average molecular weight is 258 g/mol. The molecule has 1 aliphatic rings. The van der Waals surface area contributed by atoms with Crippen molar-refractivity contribution >= 4 is 17.5 Å². The lowest BCUT2D eigenvalue weighted by Gasteiger charge is -2.27. The van der Waals surface area contributed by atoms with Gasteiger partial charge in [-0.3, -0.25) is 4.79 Å². The Morgan fingerprint density at radius 2 is 1.79 bits per heavy atom. The summed E-state index contributed by atoms with van der Waals surface area (Å²) in [5, 5.41) is 18.4. The van der Waals surface area contributed by atoms with Crippen molar-refractivity contribution in [3.05, 3.63) is 53.6 Å². The fourth-order valence-corrected chi connectivity index (χ4v) is 2.17. The van der Waals surface area contributed by atoms with Gasteiger partial charge in [-0.2, -0.15) is 0 Å². The summed E-state index contributed by atoms with van der Waals surface area (Å²) in [6.07, 6.45) is 3.13. The maximum absolute atomic E-state index is 11.4. The van der Waals surface area contributed by atoms with Crippen LogP contribution in [-0.4, -0.2) is 22.2 Å². The molecule has 1 atom stereocenters. The SMILES string of the molecule is CC1(C(=O)O)C=C(C(=O)O)C=C(c2ccccc2)C1. The number of hydrogen-bond acceptors (Lipinski definition) is 2. The second kappa shape index (κ2) is 4.72. The highest BCUT2D eigenvalue weighted by Gasteiger charge is 2.36. The quantitative estimate of drug-likeness (QED) is 0.873. The van der Waals surface area contributed by atoms with Gasteiger partial charge in [0.15, 0.2) is 0 Å². The highest BCUT2D eigenvalue weighted by Crippen LogP contribution is 2.38. The summed E-state index contributed by atoms with van der Waals surface area (Å²) in [6, 6.07) is 9.23. The van der Waals surface area contributed by atoms with E-state index in [4.69, 9.17) is 5.11 Å². The van der Waals surface area contributed by atoms with Crippen molar-refractivity contribution in [3.63, 3.8) is 0 Å². The first kappa shape index (κ1) is 13.1. The molecule has 19 heavy (non-hydrogen) atoms. The van der Waals surface area contributed by atoms with Crippen molar-refractivity contribution in [2.75, 3.05) is 0 Å². The van der Waals surface area contributed by atoms with Crippen molar-refractivity contribution in [3.8, 4) is 0 Å². The number of carbonyl (C=O) groups is 2. The van der Waals surface area contributed by atoms with E-state index in [9.17, 15) is 14.7 Å². The van der Waals surface area contributed by atoms with E-state index in [0.717, 1.165) is 11.1 Å². The van der Waals surface area contributed by atoms with Gasteiger partial charge < -0.3 is 10.2 Å². The maximum Gasteiger partial charge on any atom is 0.335 e. The van der Waals surface area contributed by atoms with Gasteiger partial charge in [0.25, 0.3) is 0 Å². The first-order chi connectivity index (χ1) is 8.92. The molecule has 0 saturated heterocycles. The Morgan fingerprint density at radius 1 is 1.16 bits per heavy atom. The summed E-state index contributed by atoms with van der Waals surface area (Å²) in [5.41, 5.74) is 0.412. The molecule has 1 aromatic carbocycles. The zero-order valence-corrected chi connectivity index (χ0v) is 10.5. The molecule has 1 unspecified atom stereocenters.